The number of methoxy groups -OCH3 is 1. The molecule has 0 heterocycles. The monoisotopic (exact) mass is 344 g/mol. The van der Waals surface area contributed by atoms with Crippen LogP contribution in [0.25, 0.3) is 0 Å². The maximum atomic E-state index is 10.9. The molecule has 0 atom stereocenters. The van der Waals surface area contributed by atoms with Gasteiger partial charge in [0.15, 0.2) is 0 Å². The minimum atomic E-state index is -0.151. The molecule has 0 unspecified atom stereocenters. The van der Waals surface area contributed by atoms with Crippen LogP contribution < -0.4 is 0 Å². The Morgan fingerprint density at radius 2 is 1.12 bits per heavy atom. The van der Waals surface area contributed by atoms with Gasteiger partial charge in [0.05, 0.1) is 7.11 Å². The maximum Gasteiger partial charge on any atom is 0.305 e. The number of allylic oxidation sites excluding steroid dienone is 10. The van der Waals surface area contributed by atoms with Crippen LogP contribution in [-0.2, 0) is 9.53 Å². The lowest BCUT2D eigenvalue weighted by Gasteiger charge is -1.93. The maximum absolute atomic E-state index is 10.9. The number of hydrogen-bond acceptors (Lipinski definition) is 2. The summed E-state index contributed by atoms with van der Waals surface area (Å²) in [7, 11) is 1.42. The van der Waals surface area contributed by atoms with Gasteiger partial charge in [-0.2, -0.15) is 0 Å². The van der Waals surface area contributed by atoms with E-state index in [9.17, 15) is 4.79 Å². The molecule has 0 saturated carbocycles. The first kappa shape index (κ1) is 23.2. The fraction of sp³-hybridized carbons (Fsp3) is 0.522. The highest BCUT2D eigenvalue weighted by Crippen LogP contribution is 2.01. The van der Waals surface area contributed by atoms with Gasteiger partial charge in [-0.05, 0) is 44.9 Å². The molecule has 0 radical (unpaired) electrons. The summed E-state index contributed by atoms with van der Waals surface area (Å²) in [6.07, 6.45) is 32.2. The SMILES string of the molecule is CCCCCC=CCC=CCC=CCC=CC/C=C\CCC(=O)OC. The molecule has 0 aliphatic rings. The molecule has 0 fully saturated rings. The largest absolute Gasteiger partial charge is 0.469 e. The predicted molar refractivity (Wildman–Crippen MR) is 110 cm³/mol. The van der Waals surface area contributed by atoms with E-state index in [-0.39, 0.29) is 5.97 Å². The third kappa shape index (κ3) is 20.1. The number of rotatable bonds is 15. The second-order valence-corrected chi connectivity index (χ2v) is 5.91. The fourth-order valence-corrected chi connectivity index (χ4v) is 2.14. The molecular weight excluding hydrogens is 308 g/mol. The van der Waals surface area contributed by atoms with Crippen molar-refractivity contribution in [2.45, 2.75) is 71.1 Å². The van der Waals surface area contributed by atoms with Crippen molar-refractivity contribution in [2.75, 3.05) is 7.11 Å². The van der Waals surface area contributed by atoms with E-state index in [0.29, 0.717) is 6.42 Å². The number of carbonyl (C=O) groups excluding carboxylic acids is 1. The molecular formula is C23H36O2. The summed E-state index contributed by atoms with van der Waals surface area (Å²) in [4.78, 5) is 10.9. The summed E-state index contributed by atoms with van der Waals surface area (Å²) in [6.45, 7) is 2.24. The lowest BCUT2D eigenvalue weighted by atomic mass is 10.2. The van der Waals surface area contributed by atoms with Gasteiger partial charge in [-0.25, -0.2) is 0 Å². The van der Waals surface area contributed by atoms with Crippen LogP contribution in [0.2, 0.25) is 0 Å². The van der Waals surface area contributed by atoms with Gasteiger partial charge < -0.3 is 4.74 Å². The van der Waals surface area contributed by atoms with Crippen molar-refractivity contribution < 1.29 is 9.53 Å². The lowest BCUT2D eigenvalue weighted by molar-refractivity contribution is -0.140. The molecule has 0 bridgehead atoms. The summed E-state index contributed by atoms with van der Waals surface area (Å²) in [5.74, 6) is -0.151. The van der Waals surface area contributed by atoms with Crippen molar-refractivity contribution in [1.82, 2.24) is 0 Å². The zero-order valence-corrected chi connectivity index (χ0v) is 16.2. The Morgan fingerprint density at radius 1 is 0.680 bits per heavy atom. The van der Waals surface area contributed by atoms with Gasteiger partial charge in [-0.1, -0.05) is 80.5 Å². The molecule has 0 aromatic heterocycles. The lowest BCUT2D eigenvalue weighted by Crippen LogP contribution is -1.97. The molecule has 0 aliphatic heterocycles. The molecule has 25 heavy (non-hydrogen) atoms. The molecule has 0 saturated heterocycles. The van der Waals surface area contributed by atoms with E-state index < -0.39 is 0 Å². The Kier molecular flexibility index (Phi) is 18.7. The Labute approximate surface area is 155 Å². The van der Waals surface area contributed by atoms with E-state index in [1.807, 2.05) is 6.08 Å². The molecule has 0 rings (SSSR count). The summed E-state index contributed by atoms with van der Waals surface area (Å²) >= 11 is 0. The molecule has 2 nitrogen and oxygen atoms in total. The standard InChI is InChI=1S/C23H36O2/c1-3-4-5-6-7-8-9-10-11-12-13-14-15-16-17-18-19-20-21-22-23(24)25-2/h7-8,10-11,13-14,16-17,19-20H,3-6,9,12,15,18,21-22H2,1-2H3/b8-7?,11-10?,14-13?,17-16?,20-19-. The van der Waals surface area contributed by atoms with E-state index in [0.717, 1.165) is 32.1 Å². The van der Waals surface area contributed by atoms with Crippen molar-refractivity contribution in [3.05, 3.63) is 60.8 Å². The highest BCUT2D eigenvalue weighted by molar-refractivity contribution is 5.69. The molecule has 0 aromatic carbocycles. The van der Waals surface area contributed by atoms with Gasteiger partial charge in [0.2, 0.25) is 0 Å². The summed E-state index contributed by atoms with van der Waals surface area (Å²) < 4.78 is 4.58. The van der Waals surface area contributed by atoms with Gasteiger partial charge in [-0.15, -0.1) is 0 Å². The van der Waals surface area contributed by atoms with E-state index in [1.54, 1.807) is 0 Å². The van der Waals surface area contributed by atoms with E-state index in [4.69, 9.17) is 0 Å². The van der Waals surface area contributed by atoms with E-state index in [1.165, 1.54) is 32.8 Å². The molecule has 0 spiro atoms. The summed E-state index contributed by atoms with van der Waals surface area (Å²) in [5, 5.41) is 0. The van der Waals surface area contributed by atoms with Crippen molar-refractivity contribution >= 4 is 5.97 Å². The van der Waals surface area contributed by atoms with Crippen LogP contribution in [0.15, 0.2) is 60.8 Å². The van der Waals surface area contributed by atoms with Crippen LogP contribution in [0.3, 0.4) is 0 Å². The quantitative estimate of drug-likeness (QED) is 0.184. The molecule has 140 valence electrons. The number of ether oxygens (including phenoxy) is 1. The Morgan fingerprint density at radius 3 is 1.56 bits per heavy atom. The highest BCUT2D eigenvalue weighted by atomic mass is 16.5. The van der Waals surface area contributed by atoms with Crippen molar-refractivity contribution in [3.8, 4) is 0 Å². The topological polar surface area (TPSA) is 26.3 Å². The average molecular weight is 345 g/mol. The van der Waals surface area contributed by atoms with Crippen LogP contribution in [0.5, 0.6) is 0 Å². The number of unbranched alkanes of at least 4 members (excludes halogenated alkanes) is 3. The van der Waals surface area contributed by atoms with Crippen LogP contribution in [0, 0.1) is 0 Å². The van der Waals surface area contributed by atoms with Gasteiger partial charge in [0.25, 0.3) is 0 Å². The van der Waals surface area contributed by atoms with Crippen LogP contribution in [0.4, 0.5) is 0 Å². The van der Waals surface area contributed by atoms with Gasteiger partial charge in [0.1, 0.15) is 0 Å². The zero-order valence-electron chi connectivity index (χ0n) is 16.2. The third-order valence-electron chi connectivity index (χ3n) is 3.64. The smallest absolute Gasteiger partial charge is 0.305 e. The highest BCUT2D eigenvalue weighted by Gasteiger charge is 1.94. The second-order valence-electron chi connectivity index (χ2n) is 5.91. The summed E-state index contributed by atoms with van der Waals surface area (Å²) in [6, 6.07) is 0. The molecule has 0 aliphatic carbocycles. The summed E-state index contributed by atoms with van der Waals surface area (Å²) in [5.41, 5.74) is 0. The molecule has 0 N–H and O–H groups in total. The first-order valence-corrected chi connectivity index (χ1v) is 9.63. The number of esters is 1. The Balaban J connectivity index is 3.48. The van der Waals surface area contributed by atoms with Crippen molar-refractivity contribution in [1.29, 1.82) is 0 Å². The van der Waals surface area contributed by atoms with Crippen molar-refractivity contribution in [2.24, 2.45) is 0 Å². The minimum Gasteiger partial charge on any atom is -0.469 e. The molecule has 2 heteroatoms. The fourth-order valence-electron chi connectivity index (χ4n) is 2.14. The van der Waals surface area contributed by atoms with Gasteiger partial charge in [0, 0.05) is 6.42 Å². The van der Waals surface area contributed by atoms with E-state index in [2.05, 4.69) is 66.3 Å². The molecule has 0 amide bonds. The van der Waals surface area contributed by atoms with E-state index >= 15 is 0 Å². The average Bonchev–Trinajstić information content (AvgIpc) is 2.63. The first-order valence-electron chi connectivity index (χ1n) is 9.63. The number of carbonyl (C=O) groups is 1. The normalized spacial score (nSPS) is 12.6. The molecule has 0 aromatic rings. The Hall–Kier alpha value is -1.83. The number of hydrogen-bond donors (Lipinski definition) is 0. The van der Waals surface area contributed by atoms with Gasteiger partial charge >= 0.3 is 5.97 Å². The zero-order chi connectivity index (χ0) is 18.4. The van der Waals surface area contributed by atoms with Crippen LogP contribution >= 0.6 is 0 Å². The second kappa shape index (κ2) is 20.2. The van der Waals surface area contributed by atoms with Crippen LogP contribution in [-0.4, -0.2) is 13.1 Å². The minimum absolute atomic E-state index is 0.151. The predicted octanol–water partition coefficient (Wildman–Crippen LogP) is 6.86. The van der Waals surface area contributed by atoms with Crippen molar-refractivity contribution in [3.63, 3.8) is 0 Å². The van der Waals surface area contributed by atoms with Crippen LogP contribution in [0.1, 0.15) is 71.1 Å². The first-order chi connectivity index (χ1) is 12.3. The third-order valence-corrected chi connectivity index (χ3v) is 3.64. The van der Waals surface area contributed by atoms with Gasteiger partial charge in [-0.3, -0.25) is 4.79 Å². The Bertz CT molecular complexity index is 439.